The summed E-state index contributed by atoms with van der Waals surface area (Å²) in [7, 11) is 0. The first kappa shape index (κ1) is 14.8. The molecule has 22 heavy (non-hydrogen) atoms. The van der Waals surface area contributed by atoms with E-state index in [0.717, 1.165) is 0 Å². The van der Waals surface area contributed by atoms with Crippen LogP contribution in [0.3, 0.4) is 0 Å². The van der Waals surface area contributed by atoms with Gasteiger partial charge in [0.2, 0.25) is 5.91 Å². The summed E-state index contributed by atoms with van der Waals surface area (Å²) in [4.78, 5) is 48.0. The highest BCUT2D eigenvalue weighted by Gasteiger charge is 2.33. The van der Waals surface area contributed by atoms with Gasteiger partial charge in [0, 0.05) is 31.3 Å². The molecule has 1 aromatic rings. The Bertz CT molecular complexity index is 701. The third-order valence-electron chi connectivity index (χ3n) is 3.76. The number of hydrogen-bond acceptors (Lipinski definition) is 5. The summed E-state index contributed by atoms with van der Waals surface area (Å²) in [5.41, 5.74) is 1.25. The molecular formula is C15H14N2O4S. The van der Waals surface area contributed by atoms with Crippen molar-refractivity contribution in [2.45, 2.75) is 13.3 Å². The van der Waals surface area contributed by atoms with Crippen LogP contribution in [-0.2, 0) is 9.59 Å². The van der Waals surface area contributed by atoms with Crippen LogP contribution in [0.25, 0.3) is 0 Å². The Morgan fingerprint density at radius 3 is 2.73 bits per heavy atom. The fourth-order valence-electron chi connectivity index (χ4n) is 2.70. The van der Waals surface area contributed by atoms with Gasteiger partial charge in [0.1, 0.15) is 0 Å². The molecule has 2 heterocycles. The van der Waals surface area contributed by atoms with Crippen molar-refractivity contribution < 1.29 is 19.2 Å². The zero-order valence-electron chi connectivity index (χ0n) is 11.9. The average molecular weight is 318 g/mol. The number of imide groups is 1. The monoisotopic (exact) mass is 318 g/mol. The fraction of sp³-hybridized carbons (Fsp3) is 0.333. The van der Waals surface area contributed by atoms with Crippen LogP contribution in [-0.4, -0.2) is 35.1 Å². The summed E-state index contributed by atoms with van der Waals surface area (Å²) in [5.74, 6) is -0.141. The minimum Gasteiger partial charge on any atom is -0.312 e. The number of benzene rings is 1. The normalized spacial score (nSPS) is 20.3. The first-order valence-corrected chi connectivity index (χ1v) is 7.87. The Morgan fingerprint density at radius 1 is 1.27 bits per heavy atom. The Hall–Kier alpha value is -2.15. The van der Waals surface area contributed by atoms with Crippen LogP contribution in [0.1, 0.15) is 34.1 Å². The first-order valence-electron chi connectivity index (χ1n) is 6.89. The first-order chi connectivity index (χ1) is 10.5. The molecule has 7 heteroatoms. The molecule has 1 atom stereocenters. The lowest BCUT2D eigenvalue weighted by Gasteiger charge is -2.17. The van der Waals surface area contributed by atoms with Gasteiger partial charge in [-0.3, -0.25) is 24.5 Å². The quantitative estimate of drug-likeness (QED) is 0.847. The third kappa shape index (κ3) is 2.64. The van der Waals surface area contributed by atoms with Gasteiger partial charge in [-0.2, -0.15) is 0 Å². The number of thioether (sulfide) groups is 1. The summed E-state index contributed by atoms with van der Waals surface area (Å²) in [5, 5.41) is 2.27. The van der Waals surface area contributed by atoms with E-state index in [0.29, 0.717) is 35.5 Å². The lowest BCUT2D eigenvalue weighted by molar-refractivity contribution is -0.117. The average Bonchev–Trinajstić information content (AvgIpc) is 2.97. The lowest BCUT2D eigenvalue weighted by Crippen LogP contribution is -2.25. The highest BCUT2D eigenvalue weighted by atomic mass is 32.2. The molecule has 0 saturated carbocycles. The van der Waals surface area contributed by atoms with Crippen LogP contribution in [0.15, 0.2) is 18.2 Å². The summed E-state index contributed by atoms with van der Waals surface area (Å²) in [6, 6.07) is 4.82. The van der Waals surface area contributed by atoms with Gasteiger partial charge in [0.05, 0.1) is 11.1 Å². The second-order valence-electron chi connectivity index (χ2n) is 5.39. The number of rotatable bonds is 3. The van der Waals surface area contributed by atoms with Gasteiger partial charge in [-0.1, -0.05) is 11.8 Å². The van der Waals surface area contributed by atoms with Crippen LogP contribution in [0, 0.1) is 5.92 Å². The number of fused-ring (bicyclic) bond motifs is 1. The van der Waals surface area contributed by atoms with E-state index in [4.69, 9.17) is 0 Å². The van der Waals surface area contributed by atoms with Crippen LogP contribution >= 0.6 is 11.8 Å². The van der Waals surface area contributed by atoms with Gasteiger partial charge in [0.15, 0.2) is 5.12 Å². The van der Waals surface area contributed by atoms with Crippen molar-refractivity contribution in [3.63, 3.8) is 0 Å². The van der Waals surface area contributed by atoms with E-state index < -0.39 is 11.8 Å². The molecule has 1 aromatic carbocycles. The number of hydrogen-bond donors (Lipinski definition) is 1. The third-order valence-corrected chi connectivity index (χ3v) is 4.80. The van der Waals surface area contributed by atoms with Crippen molar-refractivity contribution in [1.29, 1.82) is 0 Å². The standard InChI is InChI=1S/C15H14N2O4S/c1-8(18)22-7-9-4-13(19)17(6-9)10-2-3-11-12(5-10)15(21)16-14(11)20/h2-3,5,9H,4,6-7H2,1H3,(H,16,20,21). The zero-order valence-corrected chi connectivity index (χ0v) is 12.7. The molecule has 3 amide bonds. The molecule has 0 bridgehead atoms. The van der Waals surface area contributed by atoms with Crippen LogP contribution < -0.4 is 10.2 Å². The van der Waals surface area contributed by atoms with Gasteiger partial charge in [0.25, 0.3) is 11.8 Å². The molecule has 0 spiro atoms. The Labute approximate surface area is 131 Å². The van der Waals surface area contributed by atoms with Crippen molar-refractivity contribution in [3.8, 4) is 0 Å². The number of nitrogens with zero attached hydrogens (tertiary/aromatic N) is 1. The van der Waals surface area contributed by atoms with Gasteiger partial charge >= 0.3 is 0 Å². The molecule has 0 aromatic heterocycles. The molecule has 1 unspecified atom stereocenters. The molecule has 114 valence electrons. The van der Waals surface area contributed by atoms with E-state index in [1.165, 1.54) is 18.7 Å². The molecule has 2 aliphatic heterocycles. The minimum absolute atomic E-state index is 0.0289. The van der Waals surface area contributed by atoms with E-state index >= 15 is 0 Å². The number of anilines is 1. The largest absolute Gasteiger partial charge is 0.312 e. The van der Waals surface area contributed by atoms with E-state index in [1.807, 2.05) is 0 Å². The number of carbonyl (C=O) groups is 4. The molecule has 1 N–H and O–H groups in total. The van der Waals surface area contributed by atoms with E-state index in [2.05, 4.69) is 5.32 Å². The number of carbonyl (C=O) groups excluding carboxylic acids is 4. The fourth-order valence-corrected chi connectivity index (χ4v) is 3.40. The molecule has 0 radical (unpaired) electrons. The van der Waals surface area contributed by atoms with Crippen LogP contribution in [0.4, 0.5) is 5.69 Å². The summed E-state index contributed by atoms with van der Waals surface area (Å²) in [6.45, 7) is 2.03. The van der Waals surface area contributed by atoms with Gasteiger partial charge in [-0.05, 0) is 24.1 Å². The molecular weight excluding hydrogens is 304 g/mol. The molecule has 2 aliphatic rings. The van der Waals surface area contributed by atoms with Crippen molar-refractivity contribution in [1.82, 2.24) is 5.32 Å². The van der Waals surface area contributed by atoms with Gasteiger partial charge < -0.3 is 4.90 Å². The summed E-state index contributed by atoms with van der Waals surface area (Å²) < 4.78 is 0. The Balaban J connectivity index is 1.79. The SMILES string of the molecule is CC(=O)SCC1CC(=O)N(c2ccc3c(c2)C(=O)NC3=O)C1. The highest BCUT2D eigenvalue weighted by molar-refractivity contribution is 8.13. The topological polar surface area (TPSA) is 83.6 Å². The molecule has 6 nitrogen and oxygen atoms in total. The van der Waals surface area contributed by atoms with Crippen molar-refractivity contribution in [3.05, 3.63) is 29.3 Å². The van der Waals surface area contributed by atoms with E-state index in [1.54, 1.807) is 23.1 Å². The molecule has 0 aliphatic carbocycles. The second kappa shape index (κ2) is 5.57. The molecule has 3 rings (SSSR count). The maximum absolute atomic E-state index is 12.1. The minimum atomic E-state index is -0.433. The van der Waals surface area contributed by atoms with Crippen molar-refractivity contribution in [2.24, 2.45) is 5.92 Å². The summed E-state index contributed by atoms with van der Waals surface area (Å²) >= 11 is 1.22. The maximum atomic E-state index is 12.1. The smallest absolute Gasteiger partial charge is 0.259 e. The van der Waals surface area contributed by atoms with Gasteiger partial charge in [-0.25, -0.2) is 0 Å². The Kier molecular flexibility index (Phi) is 3.74. The number of amides is 3. The van der Waals surface area contributed by atoms with E-state index in [-0.39, 0.29) is 16.9 Å². The van der Waals surface area contributed by atoms with Crippen LogP contribution in [0.5, 0.6) is 0 Å². The van der Waals surface area contributed by atoms with E-state index in [9.17, 15) is 19.2 Å². The molecule has 1 saturated heterocycles. The van der Waals surface area contributed by atoms with Crippen molar-refractivity contribution in [2.75, 3.05) is 17.2 Å². The predicted molar refractivity (Wildman–Crippen MR) is 81.8 cm³/mol. The van der Waals surface area contributed by atoms with Crippen LogP contribution in [0.2, 0.25) is 0 Å². The van der Waals surface area contributed by atoms with Gasteiger partial charge in [-0.15, -0.1) is 0 Å². The molecule has 1 fully saturated rings. The zero-order chi connectivity index (χ0) is 15.9. The number of nitrogens with one attached hydrogen (secondary N) is 1. The lowest BCUT2D eigenvalue weighted by atomic mass is 10.1. The predicted octanol–water partition coefficient (Wildman–Crippen LogP) is 1.20. The maximum Gasteiger partial charge on any atom is 0.259 e. The highest BCUT2D eigenvalue weighted by Crippen LogP contribution is 2.30. The van der Waals surface area contributed by atoms with Crippen molar-refractivity contribution >= 4 is 40.3 Å². The second-order valence-corrected chi connectivity index (χ2v) is 6.59. The Morgan fingerprint density at radius 2 is 2.00 bits per heavy atom. The summed E-state index contributed by atoms with van der Waals surface area (Å²) in [6.07, 6.45) is 0.391.